The van der Waals surface area contributed by atoms with Crippen LogP contribution in [0.4, 0.5) is 0 Å². The zero-order valence-corrected chi connectivity index (χ0v) is 4.42. The van der Waals surface area contributed by atoms with Gasteiger partial charge in [0.1, 0.15) is 6.23 Å². The van der Waals surface area contributed by atoms with E-state index >= 15 is 0 Å². The second kappa shape index (κ2) is 3.15. The van der Waals surface area contributed by atoms with Gasteiger partial charge in [-0.05, 0) is 6.92 Å². The number of aldehydes is 1. The predicted molar refractivity (Wildman–Crippen MR) is 25.9 cm³/mol. The Labute approximate surface area is 46.5 Å². The number of hydrogen-bond donors (Lipinski definition) is 2. The lowest BCUT2D eigenvalue weighted by Gasteiger charge is -2.00. The van der Waals surface area contributed by atoms with Crippen LogP contribution in [-0.4, -0.2) is 23.5 Å². The predicted octanol–water partition coefficient (Wildman–Crippen LogP) is -1.36. The van der Waals surface area contributed by atoms with Crippen LogP contribution >= 0.6 is 0 Å². The molecule has 4 heteroatoms. The zero-order valence-electron chi connectivity index (χ0n) is 4.42. The maximum atomic E-state index is 9.98. The number of carbonyl (C=O) groups excluding carboxylic acids is 2. The van der Waals surface area contributed by atoms with Crippen molar-refractivity contribution in [3.05, 3.63) is 0 Å². The molecule has 4 nitrogen and oxygen atoms in total. The van der Waals surface area contributed by atoms with E-state index in [1.807, 2.05) is 5.32 Å². The molecular weight excluding hydrogens is 110 g/mol. The third kappa shape index (κ3) is 3.30. The van der Waals surface area contributed by atoms with Crippen LogP contribution in [-0.2, 0) is 9.59 Å². The van der Waals surface area contributed by atoms with Crippen LogP contribution in [0.3, 0.4) is 0 Å². The SMILES string of the molecule is CC(O)NC(=O)C=O. The van der Waals surface area contributed by atoms with E-state index in [0.29, 0.717) is 0 Å². The third-order valence-corrected chi connectivity index (χ3v) is 0.458. The molecule has 0 heterocycles. The van der Waals surface area contributed by atoms with Crippen LogP contribution < -0.4 is 5.32 Å². The van der Waals surface area contributed by atoms with Crippen molar-refractivity contribution in [3.8, 4) is 0 Å². The minimum absolute atomic E-state index is 0.104. The first kappa shape index (κ1) is 7.10. The van der Waals surface area contributed by atoms with Crippen molar-refractivity contribution in [1.29, 1.82) is 0 Å². The van der Waals surface area contributed by atoms with Crippen molar-refractivity contribution < 1.29 is 14.7 Å². The second-order valence-electron chi connectivity index (χ2n) is 1.30. The van der Waals surface area contributed by atoms with Crippen molar-refractivity contribution in [2.45, 2.75) is 13.2 Å². The first-order valence-corrected chi connectivity index (χ1v) is 2.10. The zero-order chi connectivity index (χ0) is 6.57. The molecule has 46 valence electrons. The van der Waals surface area contributed by atoms with Gasteiger partial charge in [-0.2, -0.15) is 0 Å². The average Bonchev–Trinajstić information content (AvgIpc) is 1.65. The second-order valence-corrected chi connectivity index (χ2v) is 1.30. The van der Waals surface area contributed by atoms with Gasteiger partial charge in [-0.25, -0.2) is 0 Å². The topological polar surface area (TPSA) is 66.4 Å². The van der Waals surface area contributed by atoms with Crippen molar-refractivity contribution in [2.24, 2.45) is 0 Å². The molecule has 0 aromatic heterocycles. The summed E-state index contributed by atoms with van der Waals surface area (Å²) in [5.74, 6) is -0.806. The lowest BCUT2D eigenvalue weighted by molar-refractivity contribution is -0.133. The first-order valence-electron chi connectivity index (χ1n) is 2.10. The number of nitrogens with one attached hydrogen (secondary N) is 1. The highest BCUT2D eigenvalue weighted by Crippen LogP contribution is 1.67. The molecule has 0 radical (unpaired) electrons. The highest BCUT2D eigenvalue weighted by molar-refractivity contribution is 6.23. The highest BCUT2D eigenvalue weighted by atomic mass is 16.3. The lowest BCUT2D eigenvalue weighted by atomic mass is 10.6. The molecule has 0 saturated carbocycles. The number of aliphatic hydroxyl groups is 1. The fraction of sp³-hybridized carbons (Fsp3) is 0.500. The van der Waals surface area contributed by atoms with Crippen molar-refractivity contribution in [1.82, 2.24) is 5.32 Å². The molecular formula is C4H7NO3. The fourth-order valence-corrected chi connectivity index (χ4v) is 0.240. The Morgan fingerprint density at radius 2 is 2.38 bits per heavy atom. The molecule has 0 aliphatic heterocycles. The smallest absolute Gasteiger partial charge is 0.286 e. The van der Waals surface area contributed by atoms with E-state index in [1.165, 1.54) is 6.92 Å². The van der Waals surface area contributed by atoms with Gasteiger partial charge in [-0.15, -0.1) is 0 Å². The summed E-state index contributed by atoms with van der Waals surface area (Å²) in [6.07, 6.45) is -0.847. The molecule has 0 aromatic carbocycles. The monoisotopic (exact) mass is 117 g/mol. The largest absolute Gasteiger partial charge is 0.374 e. The molecule has 0 spiro atoms. The van der Waals surface area contributed by atoms with E-state index < -0.39 is 12.1 Å². The Hall–Kier alpha value is -0.900. The number of hydrogen-bond acceptors (Lipinski definition) is 3. The Bertz CT molecular complexity index is 99.5. The van der Waals surface area contributed by atoms with Crippen LogP contribution in [0, 0.1) is 0 Å². The maximum Gasteiger partial charge on any atom is 0.286 e. The summed E-state index contributed by atoms with van der Waals surface area (Å²) in [5.41, 5.74) is 0. The summed E-state index contributed by atoms with van der Waals surface area (Å²) in [4.78, 5) is 19.5. The van der Waals surface area contributed by atoms with Crippen LogP contribution in [0.5, 0.6) is 0 Å². The maximum absolute atomic E-state index is 9.98. The van der Waals surface area contributed by atoms with Crippen LogP contribution in [0.1, 0.15) is 6.92 Å². The molecule has 0 aromatic rings. The minimum Gasteiger partial charge on any atom is -0.374 e. The highest BCUT2D eigenvalue weighted by Gasteiger charge is 1.98. The summed E-state index contributed by atoms with van der Waals surface area (Å²) < 4.78 is 0. The quantitative estimate of drug-likeness (QED) is 0.266. The van der Waals surface area contributed by atoms with E-state index in [4.69, 9.17) is 5.11 Å². The lowest BCUT2D eigenvalue weighted by Crippen LogP contribution is -2.32. The molecule has 1 amide bonds. The van der Waals surface area contributed by atoms with Crippen LogP contribution in [0.15, 0.2) is 0 Å². The Kier molecular flexibility index (Phi) is 2.79. The molecule has 0 aliphatic carbocycles. The van der Waals surface area contributed by atoms with E-state index in [9.17, 15) is 9.59 Å². The van der Waals surface area contributed by atoms with E-state index in [2.05, 4.69) is 0 Å². The van der Waals surface area contributed by atoms with Crippen molar-refractivity contribution >= 4 is 12.2 Å². The number of carbonyl (C=O) groups is 2. The van der Waals surface area contributed by atoms with E-state index in [-0.39, 0.29) is 6.29 Å². The Balaban J connectivity index is 3.39. The van der Waals surface area contributed by atoms with Gasteiger partial charge in [0.05, 0.1) is 0 Å². The first-order chi connectivity index (χ1) is 3.66. The molecule has 0 saturated heterocycles. The van der Waals surface area contributed by atoms with Gasteiger partial charge in [0.2, 0.25) is 6.29 Å². The van der Waals surface area contributed by atoms with Gasteiger partial charge >= 0.3 is 0 Å². The molecule has 0 bridgehead atoms. The Morgan fingerprint density at radius 3 is 2.50 bits per heavy atom. The molecule has 8 heavy (non-hydrogen) atoms. The number of amides is 1. The molecule has 2 N–H and O–H groups in total. The van der Waals surface area contributed by atoms with Gasteiger partial charge < -0.3 is 10.4 Å². The molecule has 0 rings (SSSR count). The van der Waals surface area contributed by atoms with Gasteiger partial charge in [-0.3, -0.25) is 9.59 Å². The summed E-state index contributed by atoms with van der Waals surface area (Å²) in [7, 11) is 0. The van der Waals surface area contributed by atoms with Crippen molar-refractivity contribution in [2.75, 3.05) is 0 Å². The van der Waals surface area contributed by atoms with E-state index in [0.717, 1.165) is 0 Å². The summed E-state index contributed by atoms with van der Waals surface area (Å²) in [5, 5.41) is 10.3. The fourth-order valence-electron chi connectivity index (χ4n) is 0.240. The summed E-state index contributed by atoms with van der Waals surface area (Å²) in [6.45, 7) is 1.35. The normalized spacial score (nSPS) is 12.2. The minimum atomic E-state index is -0.951. The summed E-state index contributed by atoms with van der Waals surface area (Å²) in [6, 6.07) is 0. The Morgan fingerprint density at radius 1 is 1.88 bits per heavy atom. The van der Waals surface area contributed by atoms with Crippen molar-refractivity contribution in [3.63, 3.8) is 0 Å². The number of aliphatic hydroxyl groups excluding tert-OH is 1. The molecule has 0 fully saturated rings. The van der Waals surface area contributed by atoms with Crippen LogP contribution in [0.25, 0.3) is 0 Å². The average molecular weight is 117 g/mol. The number of rotatable bonds is 2. The molecule has 1 unspecified atom stereocenters. The van der Waals surface area contributed by atoms with Gasteiger partial charge in [0.25, 0.3) is 5.91 Å². The molecule has 1 atom stereocenters. The van der Waals surface area contributed by atoms with Gasteiger partial charge in [-0.1, -0.05) is 0 Å². The van der Waals surface area contributed by atoms with Gasteiger partial charge in [0, 0.05) is 0 Å². The van der Waals surface area contributed by atoms with E-state index in [1.54, 1.807) is 0 Å². The van der Waals surface area contributed by atoms with Gasteiger partial charge in [0.15, 0.2) is 0 Å². The third-order valence-electron chi connectivity index (χ3n) is 0.458. The van der Waals surface area contributed by atoms with Crippen LogP contribution in [0.2, 0.25) is 0 Å². The summed E-state index contributed by atoms with van der Waals surface area (Å²) >= 11 is 0. The molecule has 0 aliphatic rings. The standard InChI is InChI=1S/C4H7NO3/c1-3(7)5-4(8)2-6/h2-3,7H,1H3,(H,5,8).